The molecule has 1 unspecified atom stereocenters. The second-order valence-electron chi connectivity index (χ2n) is 8.68. The maximum absolute atomic E-state index is 12.3. The normalized spacial score (nSPS) is 19.6. The maximum atomic E-state index is 12.3. The van der Waals surface area contributed by atoms with Crippen molar-refractivity contribution in [3.05, 3.63) is 15.8 Å². The molecule has 1 aromatic rings. The van der Waals surface area contributed by atoms with Crippen LogP contribution < -0.4 is 10.6 Å². The lowest BCUT2D eigenvalue weighted by Gasteiger charge is -2.30. The third-order valence-electron chi connectivity index (χ3n) is 4.91. The van der Waals surface area contributed by atoms with Crippen LogP contribution in [0.2, 0.25) is 0 Å². The zero-order valence-corrected chi connectivity index (χ0v) is 19.0. The van der Waals surface area contributed by atoms with Gasteiger partial charge in [0, 0.05) is 12.0 Å². The Morgan fingerprint density at radius 1 is 1.17 bits per heavy atom. The van der Waals surface area contributed by atoms with E-state index in [4.69, 9.17) is 10.5 Å². The van der Waals surface area contributed by atoms with E-state index in [1.54, 1.807) is 11.0 Å². The molecule has 0 radical (unpaired) electrons. The molecule has 2 heterocycles. The third kappa shape index (κ3) is 7.17. The average Bonchev–Trinajstić information content (AvgIpc) is 3.13. The molecular formula is C23H34N2O3S. The van der Waals surface area contributed by atoms with E-state index in [0.717, 1.165) is 11.3 Å². The summed E-state index contributed by atoms with van der Waals surface area (Å²) in [4.78, 5) is 27.1. The molecule has 1 saturated heterocycles. The van der Waals surface area contributed by atoms with E-state index in [1.165, 1.54) is 57.0 Å². The summed E-state index contributed by atoms with van der Waals surface area (Å²) in [7, 11) is 1.33. The molecule has 0 bridgehead atoms. The van der Waals surface area contributed by atoms with Crippen molar-refractivity contribution in [2.45, 2.75) is 78.2 Å². The second-order valence-corrected chi connectivity index (χ2v) is 9.73. The van der Waals surface area contributed by atoms with Gasteiger partial charge in [-0.25, -0.2) is 4.79 Å². The van der Waals surface area contributed by atoms with Crippen molar-refractivity contribution in [1.82, 2.24) is 0 Å². The van der Waals surface area contributed by atoms with Gasteiger partial charge in [-0.2, -0.15) is 0 Å². The number of hydrogen-bond donors (Lipinski definition) is 1. The van der Waals surface area contributed by atoms with E-state index in [1.807, 2.05) is 20.8 Å². The Morgan fingerprint density at radius 2 is 1.76 bits per heavy atom. The highest BCUT2D eigenvalue weighted by molar-refractivity contribution is 7.15. The Balaban J connectivity index is 0.000000426. The zero-order valence-electron chi connectivity index (χ0n) is 18.2. The number of methoxy groups -OCH3 is 1. The number of nitrogens with zero attached hydrogens (tertiary/aromatic N) is 1. The summed E-state index contributed by atoms with van der Waals surface area (Å²) < 4.78 is 4.84. The van der Waals surface area contributed by atoms with Gasteiger partial charge < -0.3 is 15.4 Å². The van der Waals surface area contributed by atoms with Crippen LogP contribution >= 0.6 is 11.3 Å². The summed E-state index contributed by atoms with van der Waals surface area (Å²) in [5, 5.41) is 0. The Morgan fingerprint density at radius 3 is 2.28 bits per heavy atom. The molecule has 1 atom stereocenters. The van der Waals surface area contributed by atoms with Gasteiger partial charge in [-0.1, -0.05) is 50.4 Å². The van der Waals surface area contributed by atoms with Crippen LogP contribution in [-0.2, 0) is 9.53 Å². The van der Waals surface area contributed by atoms with E-state index in [2.05, 4.69) is 11.8 Å². The summed E-state index contributed by atoms with van der Waals surface area (Å²) in [6.45, 7) is 6.61. The van der Waals surface area contributed by atoms with Crippen LogP contribution in [-0.4, -0.2) is 31.6 Å². The number of thiophene rings is 1. The van der Waals surface area contributed by atoms with Gasteiger partial charge in [0.1, 0.15) is 4.88 Å². The van der Waals surface area contributed by atoms with Gasteiger partial charge in [-0.15, -0.1) is 11.3 Å². The van der Waals surface area contributed by atoms with E-state index in [0.29, 0.717) is 23.5 Å². The lowest BCUT2D eigenvalue weighted by molar-refractivity contribution is -0.120. The van der Waals surface area contributed by atoms with E-state index in [9.17, 15) is 9.59 Å². The molecular weight excluding hydrogens is 384 g/mol. The number of carbonyl (C=O) groups excluding carboxylic acids is 2. The van der Waals surface area contributed by atoms with Crippen molar-refractivity contribution in [2.24, 2.45) is 11.1 Å². The van der Waals surface area contributed by atoms with E-state index < -0.39 is 12.0 Å². The minimum Gasteiger partial charge on any atom is -0.465 e. The Kier molecular flexibility index (Phi) is 8.73. The van der Waals surface area contributed by atoms with Crippen molar-refractivity contribution in [1.29, 1.82) is 0 Å². The highest BCUT2D eigenvalue weighted by atomic mass is 32.1. The van der Waals surface area contributed by atoms with Crippen molar-refractivity contribution in [3.8, 4) is 11.8 Å². The molecule has 2 aliphatic rings. The molecule has 0 aromatic carbocycles. The smallest absolute Gasteiger partial charge is 0.350 e. The molecule has 6 heteroatoms. The number of anilines is 1. The first-order chi connectivity index (χ1) is 13.7. The number of rotatable bonds is 2. The van der Waals surface area contributed by atoms with Gasteiger partial charge in [0.05, 0.1) is 23.7 Å². The average molecular weight is 419 g/mol. The maximum Gasteiger partial charge on any atom is 0.350 e. The van der Waals surface area contributed by atoms with Gasteiger partial charge in [-0.05, 0) is 39.7 Å². The van der Waals surface area contributed by atoms with Crippen LogP contribution in [0.4, 0.5) is 5.69 Å². The topological polar surface area (TPSA) is 72.6 Å². The molecule has 29 heavy (non-hydrogen) atoms. The Bertz CT molecular complexity index is 752. The first kappa shape index (κ1) is 23.4. The fourth-order valence-electron chi connectivity index (χ4n) is 3.33. The molecule has 1 amide bonds. The zero-order chi connectivity index (χ0) is 21.4. The monoisotopic (exact) mass is 418 g/mol. The number of amides is 1. The summed E-state index contributed by atoms with van der Waals surface area (Å²) >= 11 is 1.25. The molecule has 1 saturated carbocycles. The summed E-state index contributed by atoms with van der Waals surface area (Å²) in [6, 6.07) is 1.27. The molecule has 2 N–H and O–H groups in total. The molecule has 3 rings (SSSR count). The Hall–Kier alpha value is -1.84. The minimum atomic E-state index is -0.516. The quantitative estimate of drug-likeness (QED) is 0.557. The van der Waals surface area contributed by atoms with E-state index in [-0.39, 0.29) is 11.3 Å². The number of carbonyl (C=O) groups is 2. The number of hydrogen-bond acceptors (Lipinski definition) is 5. The number of nitrogens with two attached hydrogens (primary N) is 1. The van der Waals surface area contributed by atoms with Gasteiger partial charge in [0.25, 0.3) is 0 Å². The first-order valence-electron chi connectivity index (χ1n) is 10.5. The van der Waals surface area contributed by atoms with Crippen LogP contribution in [0.15, 0.2) is 6.07 Å². The SMILES string of the molecule is C1CCCCC1.COC(=O)c1sc(C#CC(C)(C)C)cc1N1CCCC(N)C1=O. The fourth-order valence-corrected chi connectivity index (χ4v) is 4.27. The fraction of sp³-hybridized carbons (Fsp3) is 0.652. The van der Waals surface area contributed by atoms with Crippen LogP contribution in [0.3, 0.4) is 0 Å². The van der Waals surface area contributed by atoms with Crippen molar-refractivity contribution < 1.29 is 14.3 Å². The first-order valence-corrected chi connectivity index (χ1v) is 11.4. The van der Waals surface area contributed by atoms with Gasteiger partial charge in [0.2, 0.25) is 5.91 Å². The molecule has 1 aliphatic carbocycles. The Labute approximate surface area is 179 Å². The van der Waals surface area contributed by atoms with Crippen LogP contribution in [0.25, 0.3) is 0 Å². The summed E-state index contributed by atoms with van der Waals surface area (Å²) in [5.41, 5.74) is 6.27. The molecule has 2 fully saturated rings. The largest absolute Gasteiger partial charge is 0.465 e. The molecule has 160 valence electrons. The predicted octanol–water partition coefficient (Wildman–Crippen LogP) is 4.73. The van der Waals surface area contributed by atoms with Crippen molar-refractivity contribution in [2.75, 3.05) is 18.6 Å². The predicted molar refractivity (Wildman–Crippen MR) is 119 cm³/mol. The van der Waals surface area contributed by atoms with Crippen molar-refractivity contribution in [3.63, 3.8) is 0 Å². The number of piperidine rings is 1. The van der Waals surface area contributed by atoms with Crippen LogP contribution in [0.5, 0.6) is 0 Å². The highest BCUT2D eigenvalue weighted by Gasteiger charge is 2.31. The van der Waals surface area contributed by atoms with Crippen molar-refractivity contribution >= 4 is 28.9 Å². The van der Waals surface area contributed by atoms with Gasteiger partial charge in [0.15, 0.2) is 0 Å². The molecule has 5 nitrogen and oxygen atoms in total. The van der Waals surface area contributed by atoms with E-state index >= 15 is 0 Å². The lowest BCUT2D eigenvalue weighted by Crippen LogP contribution is -2.48. The van der Waals surface area contributed by atoms with Gasteiger partial charge >= 0.3 is 5.97 Å². The van der Waals surface area contributed by atoms with Gasteiger partial charge in [-0.3, -0.25) is 4.79 Å². The summed E-state index contributed by atoms with van der Waals surface area (Å²) in [5.74, 6) is 5.60. The minimum absolute atomic E-state index is 0.140. The second kappa shape index (κ2) is 10.8. The van der Waals surface area contributed by atoms with Crippen LogP contribution in [0.1, 0.15) is 86.7 Å². The lowest BCUT2D eigenvalue weighted by atomic mass is 9.98. The third-order valence-corrected chi connectivity index (χ3v) is 5.93. The summed E-state index contributed by atoms with van der Waals surface area (Å²) in [6.07, 6.45) is 10.5. The standard InChI is InChI=1S/C17H22N2O3S.C6H12/c1-17(2,3)8-7-11-10-13(14(23-11)16(21)22-4)19-9-5-6-12(18)15(19)20;1-2-4-6-5-3-1/h10,12H,5-6,9,18H2,1-4H3;1-6H2. The molecule has 1 aromatic heterocycles. The molecule has 1 aliphatic heterocycles. The highest BCUT2D eigenvalue weighted by Crippen LogP contribution is 2.33. The molecule has 0 spiro atoms. The number of esters is 1. The van der Waals surface area contributed by atoms with Crippen LogP contribution in [0, 0.1) is 17.3 Å². The number of ether oxygens (including phenoxy) is 1.